The lowest BCUT2D eigenvalue weighted by atomic mass is 10.0. The lowest BCUT2D eigenvalue weighted by Gasteiger charge is -2.30. The molecule has 18 heavy (non-hydrogen) atoms. The van der Waals surface area contributed by atoms with Gasteiger partial charge in [0.2, 0.25) is 5.91 Å². The number of amides is 1. The molecule has 0 bridgehead atoms. The second kappa shape index (κ2) is 5.45. The van der Waals surface area contributed by atoms with Crippen molar-refractivity contribution < 1.29 is 14.7 Å². The van der Waals surface area contributed by atoms with Gasteiger partial charge in [0, 0.05) is 5.38 Å². The zero-order valence-electron chi connectivity index (χ0n) is 10.9. The van der Waals surface area contributed by atoms with Crippen molar-refractivity contribution in [3.63, 3.8) is 0 Å². The molecule has 0 aliphatic heterocycles. The molecule has 0 saturated carbocycles. The van der Waals surface area contributed by atoms with E-state index in [1.807, 2.05) is 12.3 Å². The van der Waals surface area contributed by atoms with E-state index in [9.17, 15) is 9.59 Å². The highest BCUT2D eigenvalue weighted by Gasteiger charge is 2.33. The van der Waals surface area contributed by atoms with E-state index in [0.717, 1.165) is 5.69 Å². The van der Waals surface area contributed by atoms with Crippen molar-refractivity contribution in [3.05, 3.63) is 11.1 Å². The van der Waals surface area contributed by atoms with Gasteiger partial charge < -0.3 is 10.4 Å². The Labute approximate surface area is 110 Å². The third-order valence-electron chi connectivity index (χ3n) is 2.72. The van der Waals surface area contributed by atoms with Crippen LogP contribution in [0, 0.1) is 6.92 Å². The van der Waals surface area contributed by atoms with Crippen molar-refractivity contribution in [2.24, 2.45) is 0 Å². The monoisotopic (exact) mass is 271 g/mol. The molecule has 0 unspecified atom stereocenters. The van der Waals surface area contributed by atoms with E-state index in [0.29, 0.717) is 5.13 Å². The molecule has 0 atom stereocenters. The maximum Gasteiger partial charge on any atom is 0.323 e. The van der Waals surface area contributed by atoms with Crippen molar-refractivity contribution >= 4 is 28.3 Å². The molecular formula is C11H17N3O3S. The quantitative estimate of drug-likeness (QED) is 0.840. The number of aryl methyl sites for hydroxylation is 1. The number of hydrogen-bond donors (Lipinski definition) is 2. The molecule has 1 rings (SSSR count). The molecule has 0 spiro atoms. The van der Waals surface area contributed by atoms with Gasteiger partial charge in [-0.05, 0) is 27.8 Å². The molecule has 6 nitrogen and oxygen atoms in total. The Morgan fingerprint density at radius 3 is 2.61 bits per heavy atom. The number of carbonyl (C=O) groups is 2. The van der Waals surface area contributed by atoms with Crippen molar-refractivity contribution in [3.8, 4) is 0 Å². The SMILES string of the molecule is Cc1csc(NC(=O)CN(C)C(C)(C)C(=O)O)n1. The molecule has 0 aromatic carbocycles. The number of thiazole rings is 1. The van der Waals surface area contributed by atoms with Crippen LogP contribution in [0.25, 0.3) is 0 Å². The van der Waals surface area contributed by atoms with Gasteiger partial charge in [-0.25, -0.2) is 4.98 Å². The van der Waals surface area contributed by atoms with Gasteiger partial charge in [-0.15, -0.1) is 11.3 Å². The van der Waals surface area contributed by atoms with Crippen LogP contribution in [0.2, 0.25) is 0 Å². The Hall–Kier alpha value is -1.47. The standard InChI is InChI=1S/C11H17N3O3S/c1-7-6-18-10(12-7)13-8(15)5-14(4)11(2,3)9(16)17/h6H,5H2,1-4H3,(H,16,17)(H,12,13,15). The summed E-state index contributed by atoms with van der Waals surface area (Å²) in [6.07, 6.45) is 0. The fraction of sp³-hybridized carbons (Fsp3) is 0.545. The molecule has 0 aliphatic rings. The van der Waals surface area contributed by atoms with E-state index in [4.69, 9.17) is 5.11 Å². The van der Waals surface area contributed by atoms with Crippen LogP contribution in [0.4, 0.5) is 5.13 Å². The van der Waals surface area contributed by atoms with Gasteiger partial charge >= 0.3 is 5.97 Å². The minimum Gasteiger partial charge on any atom is -0.480 e. The Bertz CT molecular complexity index is 456. The lowest BCUT2D eigenvalue weighted by Crippen LogP contribution is -2.50. The van der Waals surface area contributed by atoms with Crippen molar-refractivity contribution in [2.75, 3.05) is 18.9 Å². The van der Waals surface area contributed by atoms with Gasteiger partial charge in [0.15, 0.2) is 5.13 Å². The second-order valence-corrected chi connectivity index (χ2v) is 5.42. The summed E-state index contributed by atoms with van der Waals surface area (Å²) in [4.78, 5) is 28.3. The third-order valence-corrected chi connectivity index (χ3v) is 3.60. The number of rotatable bonds is 5. The van der Waals surface area contributed by atoms with E-state index in [1.165, 1.54) is 16.2 Å². The van der Waals surface area contributed by atoms with E-state index >= 15 is 0 Å². The molecule has 0 saturated heterocycles. The molecule has 0 aliphatic carbocycles. The number of hydrogen-bond acceptors (Lipinski definition) is 5. The molecule has 0 radical (unpaired) electrons. The molecule has 1 aromatic heterocycles. The number of aromatic nitrogens is 1. The molecular weight excluding hydrogens is 254 g/mol. The average molecular weight is 271 g/mol. The van der Waals surface area contributed by atoms with Crippen LogP contribution < -0.4 is 5.32 Å². The first-order valence-electron chi connectivity index (χ1n) is 5.40. The van der Waals surface area contributed by atoms with Crippen LogP contribution >= 0.6 is 11.3 Å². The van der Waals surface area contributed by atoms with Gasteiger partial charge in [0.25, 0.3) is 0 Å². The number of carbonyl (C=O) groups excluding carboxylic acids is 1. The normalized spacial score (nSPS) is 11.6. The van der Waals surface area contributed by atoms with Crippen molar-refractivity contribution in [2.45, 2.75) is 26.3 Å². The van der Waals surface area contributed by atoms with Gasteiger partial charge in [-0.3, -0.25) is 14.5 Å². The third kappa shape index (κ3) is 3.51. The van der Waals surface area contributed by atoms with Gasteiger partial charge in [-0.2, -0.15) is 0 Å². The summed E-state index contributed by atoms with van der Waals surface area (Å²) in [6.45, 7) is 4.94. The first-order valence-corrected chi connectivity index (χ1v) is 6.28. The molecule has 2 N–H and O–H groups in total. The summed E-state index contributed by atoms with van der Waals surface area (Å²) in [5, 5.41) is 14.0. The first kappa shape index (κ1) is 14.6. The van der Waals surface area contributed by atoms with Gasteiger partial charge in [0.05, 0.1) is 12.2 Å². The predicted molar refractivity (Wildman–Crippen MR) is 69.8 cm³/mol. The van der Waals surface area contributed by atoms with E-state index in [-0.39, 0.29) is 12.5 Å². The summed E-state index contributed by atoms with van der Waals surface area (Å²) in [5.41, 5.74) is -0.245. The van der Waals surface area contributed by atoms with Crippen LogP contribution in [-0.2, 0) is 9.59 Å². The minimum atomic E-state index is -1.09. The largest absolute Gasteiger partial charge is 0.480 e. The zero-order valence-corrected chi connectivity index (χ0v) is 11.7. The summed E-state index contributed by atoms with van der Waals surface area (Å²) < 4.78 is 0. The maximum atomic E-state index is 11.7. The average Bonchev–Trinajstić information content (AvgIpc) is 2.63. The minimum absolute atomic E-state index is 0.00206. The number of nitrogens with one attached hydrogen (secondary N) is 1. The molecule has 0 fully saturated rings. The zero-order chi connectivity index (χ0) is 13.9. The summed E-state index contributed by atoms with van der Waals surface area (Å²) in [6, 6.07) is 0. The number of carboxylic acids is 1. The first-order chi connectivity index (χ1) is 8.23. The Morgan fingerprint density at radius 2 is 2.17 bits per heavy atom. The van der Waals surface area contributed by atoms with Crippen LogP contribution in [0.15, 0.2) is 5.38 Å². The number of likely N-dealkylation sites (N-methyl/N-ethyl adjacent to an activating group) is 1. The fourth-order valence-electron chi connectivity index (χ4n) is 1.15. The van der Waals surface area contributed by atoms with Crippen LogP contribution in [0.1, 0.15) is 19.5 Å². The molecule has 1 aromatic rings. The Balaban J connectivity index is 2.57. The van der Waals surface area contributed by atoms with Crippen LogP contribution in [0.3, 0.4) is 0 Å². The number of nitrogens with zero attached hydrogens (tertiary/aromatic N) is 2. The molecule has 100 valence electrons. The van der Waals surface area contributed by atoms with Gasteiger partial charge in [0.1, 0.15) is 5.54 Å². The fourth-order valence-corrected chi connectivity index (χ4v) is 1.85. The Morgan fingerprint density at radius 1 is 1.56 bits per heavy atom. The van der Waals surface area contributed by atoms with Crippen LogP contribution in [0.5, 0.6) is 0 Å². The number of carboxylic acid groups (broad SMARTS) is 1. The van der Waals surface area contributed by atoms with Crippen molar-refractivity contribution in [1.29, 1.82) is 0 Å². The van der Waals surface area contributed by atoms with Gasteiger partial charge in [-0.1, -0.05) is 0 Å². The highest BCUT2D eigenvalue weighted by molar-refractivity contribution is 7.13. The highest BCUT2D eigenvalue weighted by Crippen LogP contribution is 2.15. The van der Waals surface area contributed by atoms with Crippen molar-refractivity contribution in [1.82, 2.24) is 9.88 Å². The van der Waals surface area contributed by atoms with E-state index in [1.54, 1.807) is 20.9 Å². The molecule has 1 amide bonds. The summed E-state index contributed by atoms with van der Waals surface area (Å²) in [7, 11) is 1.60. The van der Waals surface area contributed by atoms with E-state index in [2.05, 4.69) is 10.3 Å². The topological polar surface area (TPSA) is 82.5 Å². The summed E-state index contributed by atoms with van der Waals surface area (Å²) in [5.74, 6) is -1.25. The smallest absolute Gasteiger partial charge is 0.323 e. The van der Waals surface area contributed by atoms with Crippen LogP contribution in [-0.4, -0.2) is 46.0 Å². The lowest BCUT2D eigenvalue weighted by molar-refractivity contribution is -0.148. The molecule has 1 heterocycles. The second-order valence-electron chi connectivity index (χ2n) is 4.56. The number of anilines is 1. The summed E-state index contributed by atoms with van der Waals surface area (Å²) >= 11 is 1.34. The van der Waals surface area contributed by atoms with E-state index < -0.39 is 11.5 Å². The Kier molecular flexibility index (Phi) is 4.42. The predicted octanol–water partition coefficient (Wildman–Crippen LogP) is 1.19. The molecule has 7 heteroatoms. The number of aliphatic carboxylic acids is 1. The highest BCUT2D eigenvalue weighted by atomic mass is 32.1. The maximum absolute atomic E-state index is 11.7.